The van der Waals surface area contributed by atoms with Crippen LogP contribution in [-0.4, -0.2) is 34.6 Å². The van der Waals surface area contributed by atoms with Crippen molar-refractivity contribution in [1.82, 2.24) is 4.90 Å². The molecule has 1 fully saturated rings. The summed E-state index contributed by atoms with van der Waals surface area (Å²) in [5, 5.41) is 10.2. The van der Waals surface area contributed by atoms with Gasteiger partial charge in [-0.25, -0.2) is 0 Å². The van der Waals surface area contributed by atoms with E-state index in [9.17, 15) is 9.90 Å². The number of carbonyl (C=O) groups is 1. The van der Waals surface area contributed by atoms with Gasteiger partial charge in [-0.3, -0.25) is 4.79 Å². The number of nitrogens with zero attached hydrogens (tertiary/aromatic N) is 1. The second-order valence-electron chi connectivity index (χ2n) is 4.68. The van der Waals surface area contributed by atoms with Gasteiger partial charge in [-0.2, -0.15) is 0 Å². The molecule has 3 N–H and O–H groups in total. The number of aliphatic hydroxyl groups is 1. The molecule has 1 saturated heterocycles. The Labute approximate surface area is 105 Å². The molecule has 2 rings (SSSR count). The molecule has 0 aliphatic carbocycles. The number of likely N-dealkylation sites (tertiary alicyclic amines) is 1. The average Bonchev–Trinajstić information content (AvgIpc) is 2.58. The molecule has 1 aliphatic rings. The zero-order valence-corrected chi connectivity index (χ0v) is 10.4. The predicted molar refractivity (Wildman–Crippen MR) is 67.0 cm³/mol. The van der Waals surface area contributed by atoms with Crippen LogP contribution in [0.25, 0.3) is 0 Å². The summed E-state index contributed by atoms with van der Waals surface area (Å²) in [7, 11) is 0. The first kappa shape index (κ1) is 12.2. The van der Waals surface area contributed by atoms with E-state index in [2.05, 4.69) is 0 Å². The average molecular weight is 255 g/mol. The summed E-state index contributed by atoms with van der Waals surface area (Å²) in [5.41, 5.74) is 5.64. The molecular formula is C12H15ClN2O2. The molecule has 0 aromatic heterocycles. The van der Waals surface area contributed by atoms with Gasteiger partial charge in [-0.05, 0) is 25.5 Å². The van der Waals surface area contributed by atoms with E-state index in [-0.39, 0.29) is 5.91 Å². The van der Waals surface area contributed by atoms with E-state index in [1.54, 1.807) is 30.0 Å². The number of carbonyl (C=O) groups excluding carboxylic acids is 1. The lowest BCUT2D eigenvalue weighted by molar-refractivity contribution is 0.0573. The number of rotatable bonds is 1. The van der Waals surface area contributed by atoms with E-state index in [0.717, 1.165) is 0 Å². The van der Waals surface area contributed by atoms with Crippen molar-refractivity contribution in [2.45, 2.75) is 18.9 Å². The summed E-state index contributed by atoms with van der Waals surface area (Å²) in [5.74, 6) is -0.217. The van der Waals surface area contributed by atoms with Crippen LogP contribution in [0.1, 0.15) is 23.7 Å². The van der Waals surface area contributed by atoms with E-state index in [0.29, 0.717) is 35.8 Å². The van der Waals surface area contributed by atoms with Gasteiger partial charge in [-0.1, -0.05) is 17.7 Å². The Balaban J connectivity index is 2.27. The standard InChI is InChI=1S/C12H15ClN2O2/c1-12(17)5-6-15(7-12)11(16)10-8(13)3-2-4-9(10)14/h2-4,17H,5-7,14H2,1H3. The summed E-state index contributed by atoms with van der Waals surface area (Å²) in [6.07, 6.45) is 0.573. The quantitative estimate of drug-likeness (QED) is 0.747. The maximum atomic E-state index is 12.2. The number of nitrogens with two attached hydrogens (primary N) is 1. The highest BCUT2D eigenvalue weighted by Gasteiger charge is 2.35. The highest BCUT2D eigenvalue weighted by Crippen LogP contribution is 2.27. The second-order valence-corrected chi connectivity index (χ2v) is 5.08. The van der Waals surface area contributed by atoms with Crippen molar-refractivity contribution in [1.29, 1.82) is 0 Å². The van der Waals surface area contributed by atoms with Gasteiger partial charge in [0.25, 0.3) is 5.91 Å². The first-order valence-electron chi connectivity index (χ1n) is 5.46. The van der Waals surface area contributed by atoms with E-state index in [1.165, 1.54) is 0 Å². The van der Waals surface area contributed by atoms with Gasteiger partial charge in [0.2, 0.25) is 0 Å². The normalized spacial score (nSPS) is 24.1. The molecule has 17 heavy (non-hydrogen) atoms. The zero-order valence-electron chi connectivity index (χ0n) is 9.61. The highest BCUT2D eigenvalue weighted by atomic mass is 35.5. The minimum absolute atomic E-state index is 0.217. The lowest BCUT2D eigenvalue weighted by Gasteiger charge is -2.20. The molecule has 1 aliphatic heterocycles. The molecule has 1 amide bonds. The molecule has 1 heterocycles. The van der Waals surface area contributed by atoms with E-state index in [1.807, 2.05) is 0 Å². The number of benzene rings is 1. The van der Waals surface area contributed by atoms with Crippen LogP contribution in [0.4, 0.5) is 5.69 Å². The summed E-state index contributed by atoms with van der Waals surface area (Å²) >= 11 is 5.98. The number of hydrogen-bond acceptors (Lipinski definition) is 3. The zero-order chi connectivity index (χ0) is 12.6. The number of nitrogen functional groups attached to an aromatic ring is 1. The number of β-amino-alcohol motifs (C(OH)–C–C–N with tert-alkyl or cyclic N) is 1. The van der Waals surface area contributed by atoms with Crippen molar-refractivity contribution in [3.8, 4) is 0 Å². The van der Waals surface area contributed by atoms with Crippen LogP contribution < -0.4 is 5.73 Å². The first-order valence-corrected chi connectivity index (χ1v) is 5.84. The Morgan fingerprint density at radius 1 is 1.59 bits per heavy atom. The maximum Gasteiger partial charge on any atom is 0.257 e. The second kappa shape index (κ2) is 4.20. The lowest BCUT2D eigenvalue weighted by atomic mass is 10.1. The van der Waals surface area contributed by atoms with Crippen LogP contribution in [-0.2, 0) is 0 Å². The first-order chi connectivity index (χ1) is 7.91. The molecule has 0 saturated carbocycles. The number of hydrogen-bond donors (Lipinski definition) is 2. The van der Waals surface area contributed by atoms with Gasteiger partial charge in [0.1, 0.15) is 0 Å². The third-order valence-electron chi connectivity index (χ3n) is 3.00. The van der Waals surface area contributed by atoms with Crippen molar-refractivity contribution in [2.75, 3.05) is 18.8 Å². The van der Waals surface area contributed by atoms with Crippen LogP contribution in [0.2, 0.25) is 5.02 Å². The molecule has 0 spiro atoms. The minimum atomic E-state index is -0.814. The molecule has 92 valence electrons. The molecule has 4 nitrogen and oxygen atoms in total. The van der Waals surface area contributed by atoms with Gasteiger partial charge in [0, 0.05) is 18.8 Å². The molecule has 5 heteroatoms. The Morgan fingerprint density at radius 3 is 2.82 bits per heavy atom. The highest BCUT2D eigenvalue weighted by molar-refractivity contribution is 6.34. The van der Waals surface area contributed by atoms with Crippen LogP contribution >= 0.6 is 11.6 Å². The SMILES string of the molecule is CC1(O)CCN(C(=O)c2c(N)cccc2Cl)C1. The number of anilines is 1. The molecule has 1 unspecified atom stereocenters. The summed E-state index contributed by atoms with van der Waals surface area (Å²) < 4.78 is 0. The topological polar surface area (TPSA) is 66.6 Å². The Morgan fingerprint density at radius 2 is 2.29 bits per heavy atom. The van der Waals surface area contributed by atoms with Crippen molar-refractivity contribution in [3.63, 3.8) is 0 Å². The van der Waals surface area contributed by atoms with Crippen LogP contribution in [0.15, 0.2) is 18.2 Å². The van der Waals surface area contributed by atoms with Crippen molar-refractivity contribution < 1.29 is 9.90 Å². The third kappa shape index (κ3) is 2.37. The van der Waals surface area contributed by atoms with Gasteiger partial charge in [0.15, 0.2) is 0 Å². The predicted octanol–water partition coefficient (Wildman–Crippen LogP) is 1.52. The van der Waals surface area contributed by atoms with Crippen LogP contribution in [0.3, 0.4) is 0 Å². The fourth-order valence-electron chi connectivity index (χ4n) is 2.04. The van der Waals surface area contributed by atoms with Crippen LogP contribution in [0, 0.1) is 0 Å². The smallest absolute Gasteiger partial charge is 0.257 e. The van der Waals surface area contributed by atoms with Gasteiger partial charge >= 0.3 is 0 Å². The fourth-order valence-corrected chi connectivity index (χ4v) is 2.31. The molecule has 0 radical (unpaired) electrons. The Hall–Kier alpha value is -1.26. The Kier molecular flexibility index (Phi) is 3.02. The third-order valence-corrected chi connectivity index (χ3v) is 3.31. The largest absolute Gasteiger partial charge is 0.398 e. The summed E-state index contributed by atoms with van der Waals surface area (Å²) in [6.45, 7) is 2.56. The van der Waals surface area contributed by atoms with Gasteiger partial charge < -0.3 is 15.7 Å². The number of amides is 1. The van der Waals surface area contributed by atoms with Gasteiger partial charge in [0.05, 0.1) is 16.2 Å². The fraction of sp³-hybridized carbons (Fsp3) is 0.417. The van der Waals surface area contributed by atoms with Crippen LogP contribution in [0.5, 0.6) is 0 Å². The Bertz CT molecular complexity index is 440. The van der Waals surface area contributed by atoms with E-state index >= 15 is 0 Å². The summed E-state index contributed by atoms with van der Waals surface area (Å²) in [6, 6.07) is 4.99. The summed E-state index contributed by atoms with van der Waals surface area (Å²) in [4.78, 5) is 13.8. The molecule has 1 aromatic rings. The van der Waals surface area contributed by atoms with Crippen molar-refractivity contribution in [2.24, 2.45) is 0 Å². The lowest BCUT2D eigenvalue weighted by Crippen LogP contribution is -2.34. The van der Waals surface area contributed by atoms with Gasteiger partial charge in [-0.15, -0.1) is 0 Å². The maximum absolute atomic E-state index is 12.2. The van der Waals surface area contributed by atoms with Crippen molar-refractivity contribution >= 4 is 23.2 Å². The minimum Gasteiger partial charge on any atom is -0.398 e. The molecular weight excluding hydrogens is 240 g/mol. The molecule has 1 atom stereocenters. The monoisotopic (exact) mass is 254 g/mol. The van der Waals surface area contributed by atoms with E-state index < -0.39 is 5.60 Å². The molecule has 1 aromatic carbocycles. The number of halogens is 1. The van der Waals surface area contributed by atoms with Crippen molar-refractivity contribution in [3.05, 3.63) is 28.8 Å². The molecule has 0 bridgehead atoms. The van der Waals surface area contributed by atoms with E-state index in [4.69, 9.17) is 17.3 Å².